The van der Waals surface area contributed by atoms with E-state index in [0.717, 1.165) is 17.5 Å². The standard InChI is InChI=1S/C20H20N4O4S/c1-12-7-13(2)22-14(3)19(12)28-20-18(24-29(4,26)27)6-5-17(23-20)16-8-15(11-25)9-21-10-16/h5-11,24H,1-4H3. The molecular weight excluding hydrogens is 392 g/mol. The summed E-state index contributed by atoms with van der Waals surface area (Å²) in [4.78, 5) is 23.9. The molecule has 0 saturated heterocycles. The molecule has 3 aromatic rings. The number of aldehydes is 1. The topological polar surface area (TPSA) is 111 Å². The average molecular weight is 412 g/mol. The predicted molar refractivity (Wildman–Crippen MR) is 110 cm³/mol. The Balaban J connectivity index is 2.12. The summed E-state index contributed by atoms with van der Waals surface area (Å²) in [7, 11) is -3.55. The molecule has 0 bridgehead atoms. The number of ether oxygens (including phenoxy) is 1. The van der Waals surface area contributed by atoms with Gasteiger partial charge in [0.2, 0.25) is 15.9 Å². The number of aromatic nitrogens is 3. The number of hydrogen-bond donors (Lipinski definition) is 1. The summed E-state index contributed by atoms with van der Waals surface area (Å²) in [5.74, 6) is 0.567. The molecule has 1 N–H and O–H groups in total. The van der Waals surface area contributed by atoms with Crippen molar-refractivity contribution < 1.29 is 17.9 Å². The molecule has 0 radical (unpaired) electrons. The Morgan fingerprint density at radius 3 is 2.48 bits per heavy atom. The zero-order valence-electron chi connectivity index (χ0n) is 16.4. The van der Waals surface area contributed by atoms with E-state index >= 15 is 0 Å². The van der Waals surface area contributed by atoms with Crippen LogP contribution < -0.4 is 9.46 Å². The second kappa shape index (κ2) is 7.96. The van der Waals surface area contributed by atoms with Crippen molar-refractivity contribution in [2.24, 2.45) is 0 Å². The van der Waals surface area contributed by atoms with E-state index in [-0.39, 0.29) is 11.6 Å². The molecule has 0 aromatic carbocycles. The highest BCUT2D eigenvalue weighted by atomic mass is 32.2. The minimum Gasteiger partial charge on any atom is -0.435 e. The number of rotatable bonds is 6. The molecule has 0 saturated carbocycles. The average Bonchev–Trinajstić information content (AvgIpc) is 2.64. The first-order chi connectivity index (χ1) is 13.7. The van der Waals surface area contributed by atoms with Gasteiger partial charge < -0.3 is 4.74 Å². The summed E-state index contributed by atoms with van der Waals surface area (Å²) >= 11 is 0. The highest BCUT2D eigenvalue weighted by molar-refractivity contribution is 7.92. The molecule has 0 aliphatic rings. The Morgan fingerprint density at radius 2 is 1.83 bits per heavy atom. The van der Waals surface area contributed by atoms with E-state index in [9.17, 15) is 13.2 Å². The van der Waals surface area contributed by atoms with Crippen LogP contribution in [0.4, 0.5) is 5.69 Å². The fourth-order valence-corrected chi connectivity index (χ4v) is 3.44. The van der Waals surface area contributed by atoms with Gasteiger partial charge in [0.05, 0.1) is 17.6 Å². The number of carbonyl (C=O) groups excluding carboxylic acids is 1. The van der Waals surface area contributed by atoms with Crippen molar-refractivity contribution in [1.29, 1.82) is 0 Å². The van der Waals surface area contributed by atoms with Crippen LogP contribution in [0.15, 0.2) is 36.7 Å². The van der Waals surface area contributed by atoms with E-state index in [4.69, 9.17) is 4.74 Å². The summed E-state index contributed by atoms with van der Waals surface area (Å²) in [6.07, 6.45) is 4.75. The summed E-state index contributed by atoms with van der Waals surface area (Å²) < 4.78 is 31.9. The normalized spacial score (nSPS) is 11.2. The van der Waals surface area contributed by atoms with E-state index in [2.05, 4.69) is 19.7 Å². The number of pyridine rings is 3. The first-order valence-electron chi connectivity index (χ1n) is 8.68. The summed E-state index contributed by atoms with van der Waals surface area (Å²) in [6, 6.07) is 6.69. The zero-order chi connectivity index (χ0) is 21.2. The largest absolute Gasteiger partial charge is 0.435 e. The van der Waals surface area contributed by atoms with Crippen molar-refractivity contribution in [3.05, 3.63) is 59.2 Å². The lowest BCUT2D eigenvalue weighted by Crippen LogP contribution is -2.11. The number of anilines is 1. The molecule has 8 nitrogen and oxygen atoms in total. The lowest BCUT2D eigenvalue weighted by molar-refractivity contribution is 0.112. The van der Waals surface area contributed by atoms with E-state index in [1.54, 1.807) is 31.3 Å². The van der Waals surface area contributed by atoms with E-state index in [1.165, 1.54) is 6.20 Å². The van der Waals surface area contributed by atoms with Crippen LogP contribution in [0.5, 0.6) is 11.6 Å². The SMILES string of the molecule is Cc1cc(C)c(Oc2nc(-c3cncc(C=O)c3)ccc2NS(C)(=O)=O)c(C)n1. The van der Waals surface area contributed by atoms with Gasteiger partial charge in [-0.1, -0.05) is 0 Å². The fourth-order valence-electron chi connectivity index (χ4n) is 2.88. The lowest BCUT2D eigenvalue weighted by atomic mass is 10.1. The maximum atomic E-state index is 11.8. The van der Waals surface area contributed by atoms with Crippen LogP contribution in [0.3, 0.4) is 0 Å². The van der Waals surface area contributed by atoms with Crippen LogP contribution in [0.1, 0.15) is 27.3 Å². The molecule has 0 unspecified atom stereocenters. The van der Waals surface area contributed by atoms with E-state index in [0.29, 0.717) is 34.6 Å². The van der Waals surface area contributed by atoms with Gasteiger partial charge in [-0.05, 0) is 50.6 Å². The predicted octanol–water partition coefficient (Wildman–Crippen LogP) is 3.44. The molecule has 0 atom stereocenters. The molecule has 29 heavy (non-hydrogen) atoms. The molecule has 3 aromatic heterocycles. The first-order valence-corrected chi connectivity index (χ1v) is 10.6. The fraction of sp³-hybridized carbons (Fsp3) is 0.200. The van der Waals surface area contributed by atoms with Gasteiger partial charge in [0.25, 0.3) is 0 Å². The van der Waals surface area contributed by atoms with Crippen LogP contribution in [-0.4, -0.2) is 35.9 Å². The van der Waals surface area contributed by atoms with Gasteiger partial charge in [-0.3, -0.25) is 19.5 Å². The maximum absolute atomic E-state index is 11.8. The first kappa shape index (κ1) is 20.4. The number of nitrogens with one attached hydrogen (secondary N) is 1. The quantitative estimate of drug-likeness (QED) is 0.617. The Morgan fingerprint density at radius 1 is 1.07 bits per heavy atom. The number of sulfonamides is 1. The molecular formula is C20H20N4O4S. The second-order valence-electron chi connectivity index (χ2n) is 6.65. The highest BCUT2D eigenvalue weighted by Gasteiger charge is 2.16. The van der Waals surface area contributed by atoms with E-state index < -0.39 is 10.0 Å². The number of hydrogen-bond acceptors (Lipinski definition) is 7. The van der Waals surface area contributed by atoms with Gasteiger partial charge in [-0.15, -0.1) is 0 Å². The maximum Gasteiger partial charge on any atom is 0.244 e. The third-order valence-electron chi connectivity index (χ3n) is 4.00. The smallest absolute Gasteiger partial charge is 0.244 e. The third kappa shape index (κ3) is 4.94. The van der Waals surface area contributed by atoms with Gasteiger partial charge in [-0.25, -0.2) is 13.4 Å². The molecule has 0 fully saturated rings. The van der Waals surface area contributed by atoms with Crippen LogP contribution in [0.2, 0.25) is 0 Å². The van der Waals surface area contributed by atoms with Crippen molar-refractivity contribution in [2.75, 3.05) is 11.0 Å². The Bertz CT molecular complexity index is 1170. The van der Waals surface area contributed by atoms with Crippen LogP contribution >= 0.6 is 0 Å². The molecule has 150 valence electrons. The number of nitrogens with zero attached hydrogens (tertiary/aromatic N) is 3. The lowest BCUT2D eigenvalue weighted by Gasteiger charge is -2.15. The molecule has 3 rings (SSSR count). The van der Waals surface area contributed by atoms with Gasteiger partial charge in [0, 0.05) is 29.2 Å². The Kier molecular flexibility index (Phi) is 5.60. The van der Waals surface area contributed by atoms with Gasteiger partial charge in [-0.2, -0.15) is 0 Å². The minimum atomic E-state index is -3.55. The monoisotopic (exact) mass is 412 g/mol. The van der Waals surface area contributed by atoms with Gasteiger partial charge in [0.15, 0.2) is 12.0 Å². The third-order valence-corrected chi connectivity index (χ3v) is 4.59. The van der Waals surface area contributed by atoms with Crippen molar-refractivity contribution in [2.45, 2.75) is 20.8 Å². The Hall–Kier alpha value is -3.33. The zero-order valence-corrected chi connectivity index (χ0v) is 17.2. The Labute approximate surface area is 169 Å². The van der Waals surface area contributed by atoms with Crippen molar-refractivity contribution in [3.8, 4) is 22.9 Å². The number of carbonyl (C=O) groups is 1. The molecule has 9 heteroatoms. The summed E-state index contributed by atoms with van der Waals surface area (Å²) in [6.45, 7) is 5.56. The van der Waals surface area contributed by atoms with E-state index in [1.807, 2.05) is 19.9 Å². The number of aryl methyl sites for hydroxylation is 3. The van der Waals surface area contributed by atoms with Gasteiger partial charge in [0.1, 0.15) is 5.69 Å². The van der Waals surface area contributed by atoms with Crippen LogP contribution in [0, 0.1) is 20.8 Å². The van der Waals surface area contributed by atoms with Gasteiger partial charge >= 0.3 is 0 Å². The molecule has 0 aliphatic carbocycles. The van der Waals surface area contributed by atoms with Crippen molar-refractivity contribution in [3.63, 3.8) is 0 Å². The second-order valence-corrected chi connectivity index (χ2v) is 8.39. The highest BCUT2D eigenvalue weighted by Crippen LogP contribution is 2.34. The summed E-state index contributed by atoms with van der Waals surface area (Å²) in [5.41, 5.74) is 4.02. The minimum absolute atomic E-state index is 0.0706. The van der Waals surface area contributed by atoms with Crippen molar-refractivity contribution in [1.82, 2.24) is 15.0 Å². The molecule has 0 amide bonds. The van der Waals surface area contributed by atoms with Crippen LogP contribution in [0.25, 0.3) is 11.3 Å². The van der Waals surface area contributed by atoms with Crippen LogP contribution in [-0.2, 0) is 10.0 Å². The molecule has 0 aliphatic heterocycles. The molecule has 3 heterocycles. The summed E-state index contributed by atoms with van der Waals surface area (Å²) in [5, 5.41) is 0. The molecule has 0 spiro atoms. The van der Waals surface area contributed by atoms with Crippen molar-refractivity contribution >= 4 is 22.0 Å².